The molecule has 0 saturated carbocycles. The first-order valence-electron chi connectivity index (χ1n) is 16.2. The molecular weight excluding hydrogens is 548 g/mol. The maximum absolute atomic E-state index is 14.3. The van der Waals surface area contributed by atoms with Gasteiger partial charge in [0.15, 0.2) is 0 Å². The van der Waals surface area contributed by atoms with Gasteiger partial charge >= 0.3 is 0 Å². The van der Waals surface area contributed by atoms with E-state index in [1.807, 2.05) is 46.2 Å². The highest BCUT2D eigenvalue weighted by Gasteiger charge is 2.27. The molecule has 5 rings (SSSR count). The van der Waals surface area contributed by atoms with Crippen LogP contribution in [0.15, 0.2) is 60.7 Å². The Labute approximate surface area is 263 Å². The van der Waals surface area contributed by atoms with Crippen molar-refractivity contribution >= 4 is 23.2 Å². The van der Waals surface area contributed by atoms with Gasteiger partial charge in [0.1, 0.15) is 5.75 Å². The van der Waals surface area contributed by atoms with E-state index >= 15 is 0 Å². The van der Waals surface area contributed by atoms with Crippen molar-refractivity contribution in [3.8, 4) is 5.75 Å². The van der Waals surface area contributed by atoms with Gasteiger partial charge in [0.05, 0.1) is 19.2 Å². The second-order valence-electron chi connectivity index (χ2n) is 12.6. The van der Waals surface area contributed by atoms with Crippen LogP contribution in [0.25, 0.3) is 0 Å². The molecule has 0 N–H and O–H groups in total. The molecule has 0 aromatic heterocycles. The van der Waals surface area contributed by atoms with Gasteiger partial charge in [-0.05, 0) is 93.5 Å². The summed E-state index contributed by atoms with van der Waals surface area (Å²) in [5, 5.41) is 0. The summed E-state index contributed by atoms with van der Waals surface area (Å²) >= 11 is 0. The number of benzene rings is 3. The van der Waals surface area contributed by atoms with Crippen LogP contribution in [0.3, 0.4) is 0 Å². The Morgan fingerprint density at radius 1 is 0.818 bits per heavy atom. The minimum Gasteiger partial charge on any atom is -0.497 e. The lowest BCUT2D eigenvalue weighted by Gasteiger charge is -2.30. The normalized spacial score (nSPS) is 16.5. The fourth-order valence-corrected chi connectivity index (χ4v) is 6.60. The van der Waals surface area contributed by atoms with Crippen LogP contribution in [0.1, 0.15) is 65.7 Å². The molecule has 0 spiro atoms. The number of aryl methyl sites for hydroxylation is 2. The molecule has 2 amide bonds. The van der Waals surface area contributed by atoms with E-state index in [2.05, 4.69) is 61.8 Å². The standard InChI is InChI=1S/C37H48N4O3/c1-27(2)38-20-9-21-41(35(42)24-30-13-16-33(44-5)17-14-30)36-29(4)10-8-11-32(36)26-40(23-22-38)37(43)31-15-12-28(3)34(25-31)39-18-6-7-19-39/h8,10-17,25,27H,6-7,9,18-24,26H2,1-5H3. The van der Waals surface area contributed by atoms with E-state index in [1.54, 1.807) is 7.11 Å². The van der Waals surface area contributed by atoms with E-state index < -0.39 is 0 Å². The number of carbonyl (C=O) groups excluding carboxylic acids is 2. The number of fused-ring (bicyclic) bond motifs is 1. The van der Waals surface area contributed by atoms with Gasteiger partial charge in [-0.15, -0.1) is 0 Å². The van der Waals surface area contributed by atoms with E-state index in [4.69, 9.17) is 4.74 Å². The highest BCUT2D eigenvalue weighted by Crippen LogP contribution is 2.30. The van der Waals surface area contributed by atoms with Crippen LogP contribution in [-0.4, -0.2) is 74.0 Å². The van der Waals surface area contributed by atoms with Gasteiger partial charge in [-0.25, -0.2) is 0 Å². The van der Waals surface area contributed by atoms with Gasteiger partial charge in [0.2, 0.25) is 5.91 Å². The average Bonchev–Trinajstić information content (AvgIpc) is 3.54. The van der Waals surface area contributed by atoms with Gasteiger partial charge in [-0.3, -0.25) is 14.5 Å². The minimum absolute atomic E-state index is 0.0389. The summed E-state index contributed by atoms with van der Waals surface area (Å²) in [6.45, 7) is 14.0. The first kappa shape index (κ1) is 31.6. The van der Waals surface area contributed by atoms with Crippen LogP contribution in [0.5, 0.6) is 5.75 Å². The molecule has 1 fully saturated rings. The Kier molecular flexibility index (Phi) is 10.3. The van der Waals surface area contributed by atoms with Crippen LogP contribution in [0.2, 0.25) is 0 Å². The van der Waals surface area contributed by atoms with Crippen LogP contribution in [0, 0.1) is 13.8 Å². The van der Waals surface area contributed by atoms with E-state index in [0.29, 0.717) is 32.1 Å². The smallest absolute Gasteiger partial charge is 0.254 e. The predicted octanol–water partition coefficient (Wildman–Crippen LogP) is 6.24. The number of amides is 2. The molecule has 0 bridgehead atoms. The molecule has 2 heterocycles. The second-order valence-corrected chi connectivity index (χ2v) is 12.6. The minimum atomic E-state index is 0.0389. The predicted molar refractivity (Wildman–Crippen MR) is 179 cm³/mol. The maximum Gasteiger partial charge on any atom is 0.254 e. The molecule has 234 valence electrons. The molecule has 0 radical (unpaired) electrons. The highest BCUT2D eigenvalue weighted by molar-refractivity contribution is 5.97. The summed E-state index contributed by atoms with van der Waals surface area (Å²) in [5.74, 6) is 0.877. The van der Waals surface area contributed by atoms with E-state index in [0.717, 1.165) is 66.3 Å². The largest absolute Gasteiger partial charge is 0.497 e. The van der Waals surface area contributed by atoms with Gasteiger partial charge in [0.25, 0.3) is 5.91 Å². The summed E-state index contributed by atoms with van der Waals surface area (Å²) in [4.78, 5) is 37.1. The van der Waals surface area contributed by atoms with Crippen LogP contribution in [0.4, 0.5) is 11.4 Å². The SMILES string of the molecule is COc1ccc(CC(=O)N2CCCN(C(C)C)CCN(C(=O)c3ccc(C)c(N4CCCC4)c3)Cc3cccc(C)c32)cc1. The Morgan fingerprint density at radius 3 is 2.27 bits per heavy atom. The summed E-state index contributed by atoms with van der Waals surface area (Å²) in [7, 11) is 1.65. The molecule has 0 aliphatic carbocycles. The van der Waals surface area contributed by atoms with Gasteiger partial charge in [-0.2, -0.15) is 0 Å². The molecule has 1 saturated heterocycles. The molecular formula is C37H48N4O3. The van der Waals surface area contributed by atoms with E-state index in [9.17, 15) is 9.59 Å². The third-order valence-corrected chi connectivity index (χ3v) is 9.17. The summed E-state index contributed by atoms with van der Waals surface area (Å²) < 4.78 is 5.31. The first-order valence-corrected chi connectivity index (χ1v) is 16.2. The lowest BCUT2D eigenvalue weighted by atomic mass is 10.0. The molecule has 7 nitrogen and oxygen atoms in total. The molecule has 7 heteroatoms. The number of anilines is 2. The third kappa shape index (κ3) is 7.27. The van der Waals surface area contributed by atoms with Crippen molar-refractivity contribution in [2.24, 2.45) is 0 Å². The van der Waals surface area contributed by atoms with Gasteiger partial charge < -0.3 is 19.4 Å². The Bertz CT molecular complexity index is 1450. The van der Waals surface area contributed by atoms with E-state index in [1.165, 1.54) is 24.1 Å². The molecule has 0 atom stereocenters. The molecule has 2 aliphatic heterocycles. The number of ether oxygens (including phenoxy) is 1. The molecule has 3 aromatic carbocycles. The molecule has 0 unspecified atom stereocenters. The van der Waals surface area contributed by atoms with Crippen molar-refractivity contribution in [1.82, 2.24) is 9.80 Å². The van der Waals surface area contributed by atoms with Crippen LogP contribution >= 0.6 is 0 Å². The zero-order chi connectivity index (χ0) is 31.2. The summed E-state index contributed by atoms with van der Waals surface area (Å²) in [6.07, 6.45) is 3.54. The number of nitrogens with zero attached hydrogens (tertiary/aromatic N) is 4. The topological polar surface area (TPSA) is 56.3 Å². The lowest BCUT2D eigenvalue weighted by Crippen LogP contribution is -2.41. The van der Waals surface area contributed by atoms with Crippen LogP contribution in [-0.2, 0) is 17.8 Å². The maximum atomic E-state index is 14.3. The molecule has 2 aliphatic rings. The number of hydrogen-bond acceptors (Lipinski definition) is 5. The Hall–Kier alpha value is -3.84. The fourth-order valence-electron chi connectivity index (χ4n) is 6.60. The zero-order valence-electron chi connectivity index (χ0n) is 27.1. The lowest BCUT2D eigenvalue weighted by molar-refractivity contribution is -0.118. The highest BCUT2D eigenvalue weighted by atomic mass is 16.5. The fraction of sp³-hybridized carbons (Fsp3) is 0.459. The number of hydrogen-bond donors (Lipinski definition) is 0. The van der Waals surface area contributed by atoms with Crippen molar-refractivity contribution in [2.75, 3.05) is 56.2 Å². The molecule has 44 heavy (non-hydrogen) atoms. The number of carbonyl (C=O) groups is 2. The number of rotatable bonds is 6. The quantitative estimate of drug-likeness (QED) is 0.337. The van der Waals surface area contributed by atoms with Crippen LogP contribution < -0.4 is 14.5 Å². The van der Waals surface area contributed by atoms with Crippen molar-refractivity contribution in [3.05, 3.63) is 88.5 Å². The number of methoxy groups -OCH3 is 1. The Balaban J connectivity index is 1.49. The van der Waals surface area contributed by atoms with E-state index in [-0.39, 0.29) is 11.8 Å². The van der Waals surface area contributed by atoms with Crippen molar-refractivity contribution in [2.45, 2.75) is 66.0 Å². The number of para-hydroxylation sites is 1. The average molecular weight is 597 g/mol. The molecule has 3 aromatic rings. The second kappa shape index (κ2) is 14.3. The van der Waals surface area contributed by atoms with Crippen molar-refractivity contribution < 1.29 is 14.3 Å². The summed E-state index contributed by atoms with van der Waals surface area (Å²) in [5.41, 5.74) is 7.04. The van der Waals surface area contributed by atoms with Gasteiger partial charge in [-0.1, -0.05) is 36.4 Å². The zero-order valence-corrected chi connectivity index (χ0v) is 27.1. The summed E-state index contributed by atoms with van der Waals surface area (Å²) in [6, 6.07) is 20.4. The van der Waals surface area contributed by atoms with Crippen molar-refractivity contribution in [1.29, 1.82) is 0 Å². The Morgan fingerprint density at radius 2 is 1.57 bits per heavy atom. The first-order chi connectivity index (χ1) is 21.2. The third-order valence-electron chi connectivity index (χ3n) is 9.17. The van der Waals surface area contributed by atoms with Crippen molar-refractivity contribution in [3.63, 3.8) is 0 Å². The van der Waals surface area contributed by atoms with Gasteiger partial charge in [0, 0.05) is 63.1 Å². The monoisotopic (exact) mass is 596 g/mol.